The summed E-state index contributed by atoms with van der Waals surface area (Å²) in [6.07, 6.45) is 0. The number of aromatic nitrogens is 1. The summed E-state index contributed by atoms with van der Waals surface area (Å²) in [5.74, 6) is -1.47. The Bertz CT molecular complexity index is 282. The SMILES string of the molecule is NC(=O)c1cc(Br)cc(F)n1. The van der Waals surface area contributed by atoms with Gasteiger partial charge in [0.05, 0.1) is 0 Å². The molecule has 3 nitrogen and oxygen atoms in total. The summed E-state index contributed by atoms with van der Waals surface area (Å²) < 4.78 is 12.9. The van der Waals surface area contributed by atoms with E-state index in [1.807, 2.05) is 0 Å². The van der Waals surface area contributed by atoms with Crippen molar-refractivity contribution in [1.82, 2.24) is 4.98 Å². The Balaban J connectivity index is 3.19. The maximum Gasteiger partial charge on any atom is 0.267 e. The van der Waals surface area contributed by atoms with Crippen molar-refractivity contribution in [3.05, 3.63) is 28.2 Å². The third-order valence-electron chi connectivity index (χ3n) is 1.01. The standard InChI is InChI=1S/C6H4BrFN2O/c7-3-1-4(6(9)11)10-5(8)2-3/h1-2H,(H2,9,11). The summed E-state index contributed by atoms with van der Waals surface area (Å²) in [6, 6.07) is 2.50. The van der Waals surface area contributed by atoms with Crippen LogP contribution in [0, 0.1) is 5.95 Å². The molecule has 58 valence electrons. The Morgan fingerprint density at radius 2 is 2.27 bits per heavy atom. The zero-order valence-electron chi connectivity index (χ0n) is 5.34. The fourth-order valence-electron chi connectivity index (χ4n) is 0.592. The molecule has 0 aliphatic rings. The van der Waals surface area contributed by atoms with Gasteiger partial charge in [0.15, 0.2) is 0 Å². The summed E-state index contributed by atoms with van der Waals surface area (Å²) in [5, 5.41) is 0. The normalized spacial score (nSPS) is 9.64. The maximum atomic E-state index is 12.4. The summed E-state index contributed by atoms with van der Waals surface area (Å²) in [5.41, 5.74) is 4.78. The number of hydrogen-bond donors (Lipinski definition) is 1. The second kappa shape index (κ2) is 2.96. The van der Waals surface area contributed by atoms with Crippen molar-refractivity contribution >= 4 is 21.8 Å². The lowest BCUT2D eigenvalue weighted by molar-refractivity contribution is 0.0994. The van der Waals surface area contributed by atoms with Gasteiger partial charge in [-0.2, -0.15) is 4.39 Å². The molecule has 0 atom stereocenters. The first kappa shape index (κ1) is 8.13. The largest absolute Gasteiger partial charge is 0.364 e. The zero-order valence-corrected chi connectivity index (χ0v) is 6.93. The Labute approximate surface area is 70.6 Å². The molecule has 0 saturated carbocycles. The van der Waals surface area contributed by atoms with Crippen LogP contribution in [-0.2, 0) is 0 Å². The molecule has 0 aliphatic carbocycles. The highest BCUT2D eigenvalue weighted by Crippen LogP contribution is 2.11. The summed E-state index contributed by atoms with van der Waals surface area (Å²) in [4.78, 5) is 13.7. The van der Waals surface area contributed by atoms with Crippen LogP contribution in [0.4, 0.5) is 4.39 Å². The minimum Gasteiger partial charge on any atom is -0.364 e. The van der Waals surface area contributed by atoms with Crippen LogP contribution < -0.4 is 5.73 Å². The minimum absolute atomic E-state index is 0.0862. The van der Waals surface area contributed by atoms with E-state index in [-0.39, 0.29) is 5.69 Å². The van der Waals surface area contributed by atoms with Crippen LogP contribution in [0.2, 0.25) is 0 Å². The number of amides is 1. The van der Waals surface area contributed by atoms with Gasteiger partial charge in [-0.05, 0) is 6.07 Å². The minimum atomic E-state index is -0.745. The van der Waals surface area contributed by atoms with E-state index in [0.717, 1.165) is 6.07 Å². The number of hydrogen-bond acceptors (Lipinski definition) is 2. The first-order chi connectivity index (χ1) is 5.09. The predicted molar refractivity (Wildman–Crippen MR) is 40.4 cm³/mol. The van der Waals surface area contributed by atoms with Crippen LogP contribution in [0.25, 0.3) is 0 Å². The summed E-state index contributed by atoms with van der Waals surface area (Å²) in [6.45, 7) is 0. The monoisotopic (exact) mass is 218 g/mol. The molecule has 11 heavy (non-hydrogen) atoms. The predicted octanol–water partition coefficient (Wildman–Crippen LogP) is 1.08. The topological polar surface area (TPSA) is 56.0 Å². The molecule has 0 bridgehead atoms. The van der Waals surface area contributed by atoms with Gasteiger partial charge in [0, 0.05) is 10.5 Å². The number of halogens is 2. The van der Waals surface area contributed by atoms with E-state index >= 15 is 0 Å². The number of nitrogens with two attached hydrogens (primary N) is 1. The van der Waals surface area contributed by atoms with Crippen LogP contribution in [0.3, 0.4) is 0 Å². The van der Waals surface area contributed by atoms with Crippen molar-refractivity contribution in [3.63, 3.8) is 0 Å². The van der Waals surface area contributed by atoms with Gasteiger partial charge in [-0.3, -0.25) is 4.79 Å². The lowest BCUT2D eigenvalue weighted by Crippen LogP contribution is -2.13. The lowest BCUT2D eigenvalue weighted by atomic mass is 10.3. The Hall–Kier alpha value is -0.970. The van der Waals surface area contributed by atoms with E-state index in [4.69, 9.17) is 5.73 Å². The van der Waals surface area contributed by atoms with E-state index in [2.05, 4.69) is 20.9 Å². The van der Waals surface area contributed by atoms with Gasteiger partial charge in [0.2, 0.25) is 5.95 Å². The summed E-state index contributed by atoms with van der Waals surface area (Å²) in [7, 11) is 0. The van der Waals surface area contributed by atoms with Crippen LogP contribution in [0.5, 0.6) is 0 Å². The van der Waals surface area contributed by atoms with Gasteiger partial charge in [-0.15, -0.1) is 0 Å². The Kier molecular flexibility index (Phi) is 2.19. The molecule has 2 N–H and O–H groups in total. The van der Waals surface area contributed by atoms with Crippen LogP contribution in [-0.4, -0.2) is 10.9 Å². The van der Waals surface area contributed by atoms with Crippen molar-refractivity contribution in [2.45, 2.75) is 0 Å². The van der Waals surface area contributed by atoms with Crippen molar-refractivity contribution in [1.29, 1.82) is 0 Å². The first-order valence-corrected chi connectivity index (χ1v) is 3.52. The highest BCUT2D eigenvalue weighted by molar-refractivity contribution is 9.10. The molecule has 1 rings (SSSR count). The smallest absolute Gasteiger partial charge is 0.267 e. The van der Waals surface area contributed by atoms with Gasteiger partial charge in [0.1, 0.15) is 5.69 Å². The molecule has 0 aliphatic heterocycles. The summed E-state index contributed by atoms with van der Waals surface area (Å²) >= 11 is 2.99. The third kappa shape index (κ3) is 1.98. The fraction of sp³-hybridized carbons (Fsp3) is 0. The van der Waals surface area contributed by atoms with Gasteiger partial charge in [-0.25, -0.2) is 4.98 Å². The molecule has 5 heteroatoms. The number of carbonyl (C=O) groups is 1. The van der Waals surface area contributed by atoms with E-state index < -0.39 is 11.9 Å². The molecular formula is C6H4BrFN2O. The average molecular weight is 219 g/mol. The first-order valence-electron chi connectivity index (χ1n) is 2.72. The molecule has 1 aromatic rings. The number of pyridine rings is 1. The number of carbonyl (C=O) groups excluding carboxylic acids is 1. The number of rotatable bonds is 1. The molecule has 0 saturated heterocycles. The highest BCUT2D eigenvalue weighted by Gasteiger charge is 2.04. The Morgan fingerprint density at radius 1 is 1.64 bits per heavy atom. The van der Waals surface area contributed by atoms with Crippen LogP contribution in [0.15, 0.2) is 16.6 Å². The van der Waals surface area contributed by atoms with Gasteiger partial charge in [0.25, 0.3) is 5.91 Å². The lowest BCUT2D eigenvalue weighted by Gasteiger charge is -1.94. The molecule has 0 radical (unpaired) electrons. The maximum absolute atomic E-state index is 12.4. The van der Waals surface area contributed by atoms with Crippen LogP contribution >= 0.6 is 15.9 Å². The van der Waals surface area contributed by atoms with Crippen molar-refractivity contribution < 1.29 is 9.18 Å². The quantitative estimate of drug-likeness (QED) is 0.718. The fourth-order valence-corrected chi connectivity index (χ4v) is 0.998. The van der Waals surface area contributed by atoms with Crippen molar-refractivity contribution in [2.75, 3.05) is 0 Å². The van der Waals surface area contributed by atoms with E-state index in [1.165, 1.54) is 6.07 Å². The van der Waals surface area contributed by atoms with Gasteiger partial charge >= 0.3 is 0 Å². The molecular weight excluding hydrogens is 215 g/mol. The molecule has 0 spiro atoms. The molecule has 1 amide bonds. The van der Waals surface area contributed by atoms with Gasteiger partial charge in [-0.1, -0.05) is 15.9 Å². The van der Waals surface area contributed by atoms with Crippen molar-refractivity contribution in [2.24, 2.45) is 5.73 Å². The highest BCUT2D eigenvalue weighted by atomic mass is 79.9. The van der Waals surface area contributed by atoms with E-state index in [0.29, 0.717) is 4.47 Å². The average Bonchev–Trinajstić information content (AvgIpc) is 1.85. The second-order valence-electron chi connectivity index (χ2n) is 1.86. The molecule has 0 aromatic carbocycles. The zero-order chi connectivity index (χ0) is 8.43. The van der Waals surface area contributed by atoms with E-state index in [9.17, 15) is 9.18 Å². The molecule has 0 unspecified atom stereocenters. The van der Waals surface area contributed by atoms with E-state index in [1.54, 1.807) is 0 Å². The van der Waals surface area contributed by atoms with Crippen LogP contribution in [0.1, 0.15) is 10.5 Å². The van der Waals surface area contributed by atoms with Gasteiger partial charge < -0.3 is 5.73 Å². The number of primary amides is 1. The Morgan fingerprint density at radius 3 is 2.73 bits per heavy atom. The molecule has 0 fully saturated rings. The number of nitrogens with zero attached hydrogens (tertiary/aromatic N) is 1. The molecule has 1 aromatic heterocycles. The van der Waals surface area contributed by atoms with Crippen molar-refractivity contribution in [3.8, 4) is 0 Å². The second-order valence-corrected chi connectivity index (χ2v) is 2.77. The third-order valence-corrected chi connectivity index (χ3v) is 1.47. The molecule has 1 heterocycles.